The summed E-state index contributed by atoms with van der Waals surface area (Å²) in [5.74, 6) is 1.82. The average molecular weight is 153 g/mol. The Balaban J connectivity index is 2.69. The first kappa shape index (κ1) is 8.47. The molecular weight excluding hydrogens is 136 g/mol. The van der Waals surface area contributed by atoms with E-state index in [1.165, 1.54) is 10.7 Å². The van der Waals surface area contributed by atoms with Gasteiger partial charge < -0.3 is 0 Å². The van der Waals surface area contributed by atoms with E-state index >= 15 is 0 Å². The van der Waals surface area contributed by atoms with Gasteiger partial charge in [-0.05, 0) is 13.8 Å². The summed E-state index contributed by atoms with van der Waals surface area (Å²) in [6, 6.07) is 0.606. The molecule has 1 aliphatic rings. The van der Waals surface area contributed by atoms with Crippen molar-refractivity contribution in [1.82, 2.24) is 0 Å². The number of rotatable bonds is 2. The van der Waals surface area contributed by atoms with Gasteiger partial charge >= 0.3 is 0 Å². The number of hydrogen-bond acceptors (Lipinski definition) is 1. The van der Waals surface area contributed by atoms with Gasteiger partial charge in [0.25, 0.3) is 0 Å². The summed E-state index contributed by atoms with van der Waals surface area (Å²) in [5, 5.41) is 0. The van der Waals surface area contributed by atoms with E-state index in [9.17, 15) is 0 Å². The summed E-state index contributed by atoms with van der Waals surface area (Å²) >= 11 is 0. The van der Waals surface area contributed by atoms with E-state index in [4.69, 9.17) is 0 Å². The van der Waals surface area contributed by atoms with Gasteiger partial charge in [0, 0.05) is 5.92 Å². The van der Waals surface area contributed by atoms with Crippen LogP contribution in [0.15, 0.2) is 17.4 Å². The first-order valence-corrected chi connectivity index (χ1v) is 4.24. The molecule has 0 saturated carbocycles. The fourth-order valence-electron chi connectivity index (χ4n) is 1.33. The molecule has 0 fully saturated rings. The topological polar surface area (TPSA) is 16.8 Å². The number of nitrogens with one attached hydrogen (secondary N) is 1. The second kappa shape index (κ2) is 3.18. The van der Waals surface area contributed by atoms with Crippen LogP contribution in [0.5, 0.6) is 0 Å². The standard InChI is InChI=1S/C9H16N2/c1-7(2)9-10-5-6-11(9)8(3)4/h5-8H,1-4H3/p+1. The van der Waals surface area contributed by atoms with E-state index in [2.05, 4.69) is 38.9 Å². The Kier molecular flexibility index (Phi) is 2.45. The third-order valence-electron chi connectivity index (χ3n) is 1.93. The van der Waals surface area contributed by atoms with Crippen LogP contribution < -0.4 is 4.90 Å². The maximum atomic E-state index is 4.34. The molecule has 2 nitrogen and oxygen atoms in total. The van der Waals surface area contributed by atoms with Gasteiger partial charge in [0.05, 0.1) is 12.2 Å². The van der Waals surface area contributed by atoms with Crippen LogP contribution in [-0.4, -0.2) is 11.9 Å². The molecule has 0 bridgehead atoms. The number of quaternary nitrogens is 1. The Labute approximate surface area is 68.6 Å². The number of amidine groups is 1. The maximum absolute atomic E-state index is 4.34. The molecule has 1 atom stereocenters. The highest BCUT2D eigenvalue weighted by Gasteiger charge is 2.24. The van der Waals surface area contributed by atoms with Crippen LogP contribution in [0.3, 0.4) is 0 Å². The van der Waals surface area contributed by atoms with Gasteiger partial charge in [-0.2, -0.15) is 0 Å². The van der Waals surface area contributed by atoms with Crippen LogP contribution in [0.1, 0.15) is 27.7 Å². The van der Waals surface area contributed by atoms with Crippen molar-refractivity contribution in [2.75, 3.05) is 0 Å². The Morgan fingerprint density at radius 1 is 1.27 bits per heavy atom. The van der Waals surface area contributed by atoms with Gasteiger partial charge in [0.2, 0.25) is 5.84 Å². The summed E-state index contributed by atoms with van der Waals surface area (Å²) in [6.45, 7) is 8.80. The number of hydrogen-bond donors (Lipinski definition) is 1. The number of nitrogens with zero attached hydrogens (tertiary/aromatic N) is 1. The maximum Gasteiger partial charge on any atom is 0.208 e. The molecule has 1 rings (SSSR count). The minimum Gasteiger partial charge on any atom is -0.260 e. The first-order chi connectivity index (χ1) is 5.13. The molecule has 0 saturated heterocycles. The van der Waals surface area contributed by atoms with E-state index in [-0.39, 0.29) is 0 Å². The highest BCUT2D eigenvalue weighted by atomic mass is 15.2. The molecular formula is C9H17N2+. The summed E-state index contributed by atoms with van der Waals surface area (Å²) in [7, 11) is 0. The molecule has 0 aromatic rings. The lowest BCUT2D eigenvalue weighted by Gasteiger charge is -2.18. The van der Waals surface area contributed by atoms with Crippen molar-refractivity contribution < 1.29 is 4.90 Å². The lowest BCUT2D eigenvalue weighted by atomic mass is 10.1. The molecule has 0 aromatic heterocycles. The van der Waals surface area contributed by atoms with Gasteiger partial charge in [-0.15, -0.1) is 0 Å². The van der Waals surface area contributed by atoms with Crippen LogP contribution in [0.2, 0.25) is 0 Å². The van der Waals surface area contributed by atoms with E-state index < -0.39 is 0 Å². The van der Waals surface area contributed by atoms with Crippen LogP contribution in [0.25, 0.3) is 0 Å². The zero-order chi connectivity index (χ0) is 8.43. The van der Waals surface area contributed by atoms with Crippen molar-refractivity contribution >= 4 is 5.84 Å². The molecule has 62 valence electrons. The monoisotopic (exact) mass is 153 g/mol. The molecule has 0 aromatic carbocycles. The second-order valence-corrected chi connectivity index (χ2v) is 3.59. The molecule has 0 radical (unpaired) electrons. The summed E-state index contributed by atoms with van der Waals surface area (Å²) < 4.78 is 0. The van der Waals surface area contributed by atoms with Gasteiger partial charge in [-0.3, -0.25) is 4.90 Å². The molecule has 1 unspecified atom stereocenters. The highest BCUT2D eigenvalue weighted by molar-refractivity contribution is 5.77. The molecule has 11 heavy (non-hydrogen) atoms. The van der Waals surface area contributed by atoms with Crippen LogP contribution >= 0.6 is 0 Å². The normalized spacial score (nSPS) is 23.5. The van der Waals surface area contributed by atoms with Gasteiger partial charge in [0.1, 0.15) is 6.20 Å². The van der Waals surface area contributed by atoms with Crippen molar-refractivity contribution in [2.24, 2.45) is 10.9 Å². The van der Waals surface area contributed by atoms with Crippen molar-refractivity contribution in [1.29, 1.82) is 0 Å². The lowest BCUT2D eigenvalue weighted by molar-refractivity contribution is -0.773. The van der Waals surface area contributed by atoms with Gasteiger partial charge in [-0.1, -0.05) is 13.8 Å². The molecule has 1 aliphatic heterocycles. The summed E-state index contributed by atoms with van der Waals surface area (Å²) in [6.07, 6.45) is 4.03. The zero-order valence-electron chi connectivity index (χ0n) is 7.76. The van der Waals surface area contributed by atoms with E-state index in [0.29, 0.717) is 12.0 Å². The van der Waals surface area contributed by atoms with E-state index in [1.54, 1.807) is 0 Å². The van der Waals surface area contributed by atoms with Crippen LogP contribution in [0, 0.1) is 5.92 Å². The highest BCUT2D eigenvalue weighted by Crippen LogP contribution is 1.96. The molecule has 1 heterocycles. The van der Waals surface area contributed by atoms with Crippen LogP contribution in [-0.2, 0) is 0 Å². The molecule has 0 aliphatic carbocycles. The van der Waals surface area contributed by atoms with Crippen molar-refractivity contribution in [3.05, 3.63) is 12.4 Å². The second-order valence-electron chi connectivity index (χ2n) is 3.59. The Bertz CT molecular complexity index is 190. The third kappa shape index (κ3) is 1.69. The minimum atomic E-state index is 0.558. The largest absolute Gasteiger partial charge is 0.260 e. The van der Waals surface area contributed by atoms with Gasteiger partial charge in [-0.25, -0.2) is 4.99 Å². The Morgan fingerprint density at radius 2 is 1.91 bits per heavy atom. The van der Waals surface area contributed by atoms with Crippen molar-refractivity contribution in [2.45, 2.75) is 33.7 Å². The van der Waals surface area contributed by atoms with Gasteiger partial charge in [0.15, 0.2) is 0 Å². The Hall–Kier alpha value is -0.630. The van der Waals surface area contributed by atoms with E-state index in [0.717, 1.165) is 0 Å². The zero-order valence-corrected chi connectivity index (χ0v) is 7.76. The molecule has 0 spiro atoms. The smallest absolute Gasteiger partial charge is 0.208 e. The third-order valence-corrected chi connectivity index (χ3v) is 1.93. The van der Waals surface area contributed by atoms with Crippen LogP contribution in [0.4, 0.5) is 0 Å². The summed E-state index contributed by atoms with van der Waals surface area (Å²) in [5.41, 5.74) is 0. The molecule has 1 N–H and O–H groups in total. The predicted molar refractivity (Wildman–Crippen MR) is 47.5 cm³/mol. The molecule has 2 heteroatoms. The van der Waals surface area contributed by atoms with Crippen molar-refractivity contribution in [3.8, 4) is 0 Å². The Morgan fingerprint density at radius 3 is 2.27 bits per heavy atom. The fourth-order valence-corrected chi connectivity index (χ4v) is 1.33. The minimum absolute atomic E-state index is 0.558. The molecule has 0 amide bonds. The van der Waals surface area contributed by atoms with E-state index in [1.807, 2.05) is 6.20 Å². The number of aliphatic imine (C=N–C) groups is 1. The van der Waals surface area contributed by atoms with Crippen molar-refractivity contribution in [3.63, 3.8) is 0 Å². The quantitative estimate of drug-likeness (QED) is 0.605. The summed E-state index contributed by atoms with van der Waals surface area (Å²) in [4.78, 5) is 5.74. The first-order valence-electron chi connectivity index (χ1n) is 4.24. The lowest BCUT2D eigenvalue weighted by Crippen LogP contribution is -3.13. The predicted octanol–water partition coefficient (Wildman–Crippen LogP) is 0.819. The average Bonchev–Trinajstić information content (AvgIpc) is 2.32. The fraction of sp³-hybridized carbons (Fsp3) is 0.667. The SMILES string of the molecule is CC(C)C1=NC=C[NH+]1C(C)C.